The van der Waals surface area contributed by atoms with Gasteiger partial charge in [0.2, 0.25) is 21.7 Å². The summed E-state index contributed by atoms with van der Waals surface area (Å²) >= 11 is 1.48. The minimum Gasteiger partial charge on any atom is -0.496 e. The number of thiophene rings is 1. The zero-order valence-electron chi connectivity index (χ0n) is 13.0. The highest BCUT2D eigenvalue weighted by Crippen LogP contribution is 2.22. The summed E-state index contributed by atoms with van der Waals surface area (Å²) in [5.41, 5.74) is 0.734. The fourth-order valence-corrected chi connectivity index (χ4v) is 3.80. The van der Waals surface area contributed by atoms with Crippen LogP contribution in [0.2, 0.25) is 0 Å². The van der Waals surface area contributed by atoms with E-state index in [2.05, 4.69) is 14.9 Å². The smallest absolute Gasteiger partial charge is 0.242 e. The Labute approximate surface area is 143 Å². The summed E-state index contributed by atoms with van der Waals surface area (Å²) in [7, 11) is -2.14. The van der Waals surface area contributed by atoms with Crippen molar-refractivity contribution in [2.75, 3.05) is 7.11 Å². The van der Waals surface area contributed by atoms with Gasteiger partial charge in [0.05, 0.1) is 23.4 Å². The van der Waals surface area contributed by atoms with E-state index in [0.717, 1.165) is 10.4 Å². The summed E-state index contributed by atoms with van der Waals surface area (Å²) in [4.78, 5) is 5.19. The molecule has 1 aromatic carbocycles. The van der Waals surface area contributed by atoms with Gasteiger partial charge in [-0.3, -0.25) is 0 Å². The minimum absolute atomic E-state index is 0.0776. The molecule has 0 fully saturated rings. The number of aromatic nitrogens is 2. The van der Waals surface area contributed by atoms with Gasteiger partial charge >= 0.3 is 0 Å². The van der Waals surface area contributed by atoms with Gasteiger partial charge in [0.1, 0.15) is 5.75 Å². The second kappa shape index (κ2) is 6.71. The monoisotopic (exact) mass is 365 g/mol. The van der Waals surface area contributed by atoms with E-state index in [-0.39, 0.29) is 17.3 Å². The molecule has 0 atom stereocenters. The van der Waals surface area contributed by atoms with Crippen molar-refractivity contribution in [1.82, 2.24) is 14.9 Å². The Hall–Kier alpha value is -2.23. The molecule has 0 spiro atoms. The lowest BCUT2D eigenvalue weighted by Gasteiger charge is -2.08. The number of ether oxygens (including phenoxy) is 1. The fourth-order valence-electron chi connectivity index (χ4n) is 2.09. The van der Waals surface area contributed by atoms with E-state index < -0.39 is 10.0 Å². The number of nitrogens with one attached hydrogen (secondary N) is 1. The van der Waals surface area contributed by atoms with Crippen LogP contribution in [0.1, 0.15) is 11.5 Å². The number of aryl methyl sites for hydroxylation is 1. The first-order chi connectivity index (χ1) is 11.5. The largest absolute Gasteiger partial charge is 0.496 e. The number of nitrogens with zero attached hydrogens (tertiary/aromatic N) is 2. The van der Waals surface area contributed by atoms with Crippen LogP contribution in [-0.2, 0) is 16.6 Å². The zero-order valence-corrected chi connectivity index (χ0v) is 14.6. The van der Waals surface area contributed by atoms with Gasteiger partial charge in [-0.05, 0) is 42.1 Å². The van der Waals surface area contributed by atoms with Gasteiger partial charge < -0.3 is 9.26 Å². The molecule has 7 nitrogen and oxygen atoms in total. The Kier molecular flexibility index (Phi) is 4.65. The van der Waals surface area contributed by atoms with Crippen molar-refractivity contribution in [3.05, 3.63) is 47.2 Å². The molecule has 0 bridgehead atoms. The van der Waals surface area contributed by atoms with Gasteiger partial charge in [-0.2, -0.15) is 4.98 Å². The van der Waals surface area contributed by atoms with Crippen LogP contribution in [0.25, 0.3) is 10.7 Å². The first-order valence-corrected chi connectivity index (χ1v) is 9.36. The molecule has 0 saturated carbocycles. The highest BCUT2D eigenvalue weighted by atomic mass is 32.2. The molecule has 1 N–H and O–H groups in total. The Morgan fingerprint density at radius 2 is 2.17 bits per heavy atom. The molecule has 24 heavy (non-hydrogen) atoms. The number of rotatable bonds is 6. The van der Waals surface area contributed by atoms with Crippen molar-refractivity contribution in [2.24, 2.45) is 0 Å². The van der Waals surface area contributed by atoms with E-state index >= 15 is 0 Å². The van der Waals surface area contributed by atoms with Crippen LogP contribution < -0.4 is 9.46 Å². The number of hydrogen-bond acceptors (Lipinski definition) is 7. The average Bonchev–Trinajstić information content (AvgIpc) is 3.24. The summed E-state index contributed by atoms with van der Waals surface area (Å²) in [5, 5.41) is 5.74. The van der Waals surface area contributed by atoms with Gasteiger partial charge in [0.15, 0.2) is 0 Å². The van der Waals surface area contributed by atoms with Gasteiger partial charge in [-0.1, -0.05) is 11.2 Å². The molecule has 2 heterocycles. The zero-order chi connectivity index (χ0) is 17.2. The lowest BCUT2D eigenvalue weighted by atomic mass is 10.2. The Morgan fingerprint density at radius 1 is 1.33 bits per heavy atom. The number of methoxy groups -OCH3 is 1. The quantitative estimate of drug-likeness (QED) is 0.721. The Balaban J connectivity index is 1.72. The van der Waals surface area contributed by atoms with Crippen molar-refractivity contribution >= 4 is 21.4 Å². The SMILES string of the molecule is COc1ccc(S(=O)(=O)NCc2nc(-c3cccs3)no2)cc1C. The molecule has 126 valence electrons. The topological polar surface area (TPSA) is 94.3 Å². The molecule has 3 rings (SSSR count). The Morgan fingerprint density at radius 3 is 2.83 bits per heavy atom. The van der Waals surface area contributed by atoms with E-state index in [0.29, 0.717) is 11.6 Å². The van der Waals surface area contributed by atoms with E-state index in [4.69, 9.17) is 9.26 Å². The maximum atomic E-state index is 12.4. The molecule has 0 saturated heterocycles. The maximum absolute atomic E-state index is 12.4. The molecule has 2 aromatic heterocycles. The van der Waals surface area contributed by atoms with E-state index in [9.17, 15) is 8.42 Å². The number of sulfonamides is 1. The summed E-state index contributed by atoms with van der Waals surface area (Å²) < 4.78 is 37.4. The summed E-state index contributed by atoms with van der Waals surface area (Å²) in [6.45, 7) is 1.70. The third-order valence-electron chi connectivity index (χ3n) is 3.30. The van der Waals surface area contributed by atoms with E-state index in [1.54, 1.807) is 19.1 Å². The second-order valence-corrected chi connectivity index (χ2v) is 7.66. The van der Waals surface area contributed by atoms with Crippen molar-refractivity contribution < 1.29 is 17.7 Å². The van der Waals surface area contributed by atoms with Crippen molar-refractivity contribution in [3.63, 3.8) is 0 Å². The van der Waals surface area contributed by atoms with Crippen molar-refractivity contribution in [2.45, 2.75) is 18.4 Å². The van der Waals surface area contributed by atoms with Crippen LogP contribution >= 0.6 is 11.3 Å². The standard InChI is InChI=1S/C15H15N3O4S2/c1-10-8-11(5-6-12(10)21-2)24(19,20)16-9-14-17-15(18-22-14)13-4-3-7-23-13/h3-8,16H,9H2,1-2H3. The van der Waals surface area contributed by atoms with Crippen LogP contribution in [0.4, 0.5) is 0 Å². The lowest BCUT2D eigenvalue weighted by Crippen LogP contribution is -2.23. The molecule has 0 unspecified atom stereocenters. The molecule has 3 aromatic rings. The predicted molar refractivity (Wildman–Crippen MR) is 89.4 cm³/mol. The molecule has 0 amide bonds. The summed E-state index contributed by atoms with van der Waals surface area (Å²) in [6.07, 6.45) is 0. The molecule has 9 heteroatoms. The first kappa shape index (κ1) is 16.6. The summed E-state index contributed by atoms with van der Waals surface area (Å²) in [5.74, 6) is 1.28. The van der Waals surface area contributed by atoms with Gasteiger partial charge in [0.25, 0.3) is 0 Å². The molecule has 0 aliphatic carbocycles. The highest BCUT2D eigenvalue weighted by molar-refractivity contribution is 7.89. The molecular weight excluding hydrogens is 350 g/mol. The van der Waals surface area contributed by atoms with Crippen LogP contribution in [0, 0.1) is 6.92 Å². The maximum Gasteiger partial charge on any atom is 0.242 e. The molecule has 0 radical (unpaired) electrons. The average molecular weight is 365 g/mol. The predicted octanol–water partition coefficient (Wildman–Crippen LogP) is 2.59. The second-order valence-electron chi connectivity index (χ2n) is 4.95. The van der Waals surface area contributed by atoms with E-state index in [1.165, 1.54) is 24.5 Å². The minimum atomic E-state index is -3.68. The summed E-state index contributed by atoms with van der Waals surface area (Å²) in [6, 6.07) is 8.39. The van der Waals surface area contributed by atoms with Gasteiger partial charge in [0, 0.05) is 0 Å². The van der Waals surface area contributed by atoms with Crippen molar-refractivity contribution in [1.29, 1.82) is 0 Å². The molecule has 0 aliphatic rings. The first-order valence-electron chi connectivity index (χ1n) is 7.00. The van der Waals surface area contributed by atoms with Crippen LogP contribution in [0.5, 0.6) is 5.75 Å². The number of hydrogen-bond donors (Lipinski definition) is 1. The number of benzene rings is 1. The third-order valence-corrected chi connectivity index (χ3v) is 5.56. The normalized spacial score (nSPS) is 11.6. The van der Waals surface area contributed by atoms with Gasteiger partial charge in [-0.15, -0.1) is 11.3 Å². The lowest BCUT2D eigenvalue weighted by molar-refractivity contribution is 0.376. The Bertz CT molecular complexity index is 934. The molecular formula is C15H15N3O4S2. The van der Waals surface area contributed by atoms with Gasteiger partial charge in [-0.25, -0.2) is 13.1 Å². The highest BCUT2D eigenvalue weighted by Gasteiger charge is 2.17. The fraction of sp³-hybridized carbons (Fsp3) is 0.200. The van der Waals surface area contributed by atoms with Crippen LogP contribution in [0.15, 0.2) is 45.1 Å². The van der Waals surface area contributed by atoms with E-state index in [1.807, 2.05) is 17.5 Å². The van der Waals surface area contributed by atoms with Crippen molar-refractivity contribution in [3.8, 4) is 16.5 Å². The van der Waals surface area contributed by atoms with Crippen LogP contribution in [-0.4, -0.2) is 25.7 Å². The van der Waals surface area contributed by atoms with Crippen LogP contribution in [0.3, 0.4) is 0 Å². The molecule has 0 aliphatic heterocycles. The third kappa shape index (κ3) is 3.48.